The van der Waals surface area contributed by atoms with E-state index in [4.69, 9.17) is 0 Å². The number of halogens is 2. The Bertz CT molecular complexity index is 1120. The summed E-state index contributed by atoms with van der Waals surface area (Å²) in [6.45, 7) is 4.30. The number of nitrogens with one attached hydrogen (secondary N) is 2. The van der Waals surface area contributed by atoms with Crippen molar-refractivity contribution in [3.05, 3.63) is 76.5 Å². The van der Waals surface area contributed by atoms with Crippen molar-refractivity contribution >= 4 is 28.1 Å². The third kappa shape index (κ3) is 3.65. The highest BCUT2D eigenvalue weighted by Gasteiger charge is 2.25. The minimum absolute atomic E-state index is 0.138. The maximum absolute atomic E-state index is 14.3. The number of hydrogen-bond acceptors (Lipinski definition) is 4. The molecule has 2 heterocycles. The summed E-state index contributed by atoms with van der Waals surface area (Å²) in [4.78, 5) is 17.7. The Labute approximate surface area is 171 Å². The van der Waals surface area contributed by atoms with Crippen molar-refractivity contribution in [1.82, 2.24) is 10.3 Å². The first-order valence-corrected chi connectivity index (χ1v) is 10.1. The molecular formula is C22H19F2N3OS. The molecule has 1 aromatic heterocycles. The first-order chi connectivity index (χ1) is 14.0. The fourth-order valence-electron chi connectivity index (χ4n) is 3.32. The van der Waals surface area contributed by atoms with E-state index in [9.17, 15) is 13.6 Å². The average molecular weight is 411 g/mol. The van der Waals surface area contributed by atoms with Gasteiger partial charge in [0, 0.05) is 12.2 Å². The molecule has 4 rings (SSSR count). The number of anilines is 1. The Morgan fingerprint density at radius 1 is 1.28 bits per heavy atom. The third-order valence-corrected chi connectivity index (χ3v) is 5.68. The summed E-state index contributed by atoms with van der Waals surface area (Å²) >= 11 is 1.30. The molecule has 1 aliphatic rings. The smallest absolute Gasteiger partial charge is 0.271 e. The zero-order chi connectivity index (χ0) is 20.5. The Morgan fingerprint density at radius 2 is 2.03 bits per heavy atom. The molecule has 0 bridgehead atoms. The van der Waals surface area contributed by atoms with Crippen molar-refractivity contribution in [2.75, 3.05) is 5.32 Å². The van der Waals surface area contributed by atoms with Crippen LogP contribution in [-0.2, 0) is 6.54 Å². The van der Waals surface area contributed by atoms with E-state index in [0.717, 1.165) is 21.6 Å². The summed E-state index contributed by atoms with van der Waals surface area (Å²) in [5.74, 6) is -1.58. The lowest BCUT2D eigenvalue weighted by molar-refractivity contribution is 0.0948. The molecule has 1 amide bonds. The van der Waals surface area contributed by atoms with Crippen LogP contribution in [0.4, 0.5) is 13.9 Å². The predicted molar refractivity (Wildman–Crippen MR) is 112 cm³/mol. The molecule has 2 N–H and O–H groups in total. The molecule has 0 unspecified atom stereocenters. The minimum atomic E-state index is -0.658. The van der Waals surface area contributed by atoms with Crippen molar-refractivity contribution < 1.29 is 13.6 Å². The number of amides is 1. The summed E-state index contributed by atoms with van der Waals surface area (Å²) in [6, 6.07) is 9.77. The number of carbonyl (C=O) groups is 1. The quantitative estimate of drug-likeness (QED) is 0.596. The zero-order valence-electron chi connectivity index (χ0n) is 16.0. The van der Waals surface area contributed by atoms with E-state index in [1.54, 1.807) is 6.08 Å². The highest BCUT2D eigenvalue weighted by molar-refractivity contribution is 7.19. The Kier molecular flexibility index (Phi) is 5.15. The van der Waals surface area contributed by atoms with Gasteiger partial charge in [-0.3, -0.25) is 4.79 Å². The number of carbonyl (C=O) groups excluding carboxylic acids is 1. The van der Waals surface area contributed by atoms with E-state index in [0.29, 0.717) is 23.8 Å². The van der Waals surface area contributed by atoms with Gasteiger partial charge in [-0.05, 0) is 36.6 Å². The van der Waals surface area contributed by atoms with Crippen LogP contribution < -0.4 is 10.6 Å². The van der Waals surface area contributed by atoms with E-state index in [1.165, 1.54) is 29.5 Å². The third-order valence-electron chi connectivity index (χ3n) is 4.67. The van der Waals surface area contributed by atoms with E-state index in [1.807, 2.05) is 32.0 Å². The van der Waals surface area contributed by atoms with Gasteiger partial charge in [0.1, 0.15) is 17.3 Å². The topological polar surface area (TPSA) is 54.0 Å². The van der Waals surface area contributed by atoms with Crippen molar-refractivity contribution in [2.45, 2.75) is 26.8 Å². The second kappa shape index (κ2) is 7.75. The van der Waals surface area contributed by atoms with Gasteiger partial charge in [-0.1, -0.05) is 54.2 Å². The van der Waals surface area contributed by atoms with Crippen LogP contribution in [0.5, 0.6) is 0 Å². The average Bonchev–Trinajstić information content (AvgIpc) is 3.05. The van der Waals surface area contributed by atoms with Gasteiger partial charge in [-0.15, -0.1) is 0 Å². The Hall–Kier alpha value is -3.06. The summed E-state index contributed by atoms with van der Waals surface area (Å²) in [7, 11) is 0. The molecule has 0 saturated heterocycles. The first kappa shape index (κ1) is 19.3. The van der Waals surface area contributed by atoms with Crippen molar-refractivity contribution in [1.29, 1.82) is 0 Å². The van der Waals surface area contributed by atoms with Crippen LogP contribution in [-0.4, -0.2) is 10.9 Å². The lowest BCUT2D eigenvalue weighted by Crippen LogP contribution is -2.21. The fraction of sp³-hybridized carbons (Fsp3) is 0.182. The van der Waals surface area contributed by atoms with Gasteiger partial charge in [0.25, 0.3) is 5.91 Å². The van der Waals surface area contributed by atoms with Crippen molar-refractivity contribution in [3.63, 3.8) is 0 Å². The molecule has 3 aromatic rings. The van der Waals surface area contributed by atoms with Crippen LogP contribution in [0.3, 0.4) is 0 Å². The zero-order valence-corrected chi connectivity index (χ0v) is 16.8. The van der Waals surface area contributed by atoms with Gasteiger partial charge in [0.05, 0.1) is 10.4 Å². The van der Waals surface area contributed by atoms with Crippen molar-refractivity contribution in [2.24, 2.45) is 0 Å². The molecule has 7 heteroatoms. The summed E-state index contributed by atoms with van der Waals surface area (Å²) in [6.07, 6.45) is 2.27. The van der Waals surface area contributed by atoms with Crippen LogP contribution in [0.25, 0.3) is 16.1 Å². The van der Waals surface area contributed by atoms with Crippen LogP contribution in [0, 0.1) is 18.6 Å². The largest absolute Gasteiger partial charge is 0.347 e. The van der Waals surface area contributed by atoms with Crippen molar-refractivity contribution in [3.8, 4) is 10.4 Å². The van der Waals surface area contributed by atoms with E-state index < -0.39 is 11.6 Å². The normalized spacial score (nSPS) is 13.4. The first-order valence-electron chi connectivity index (χ1n) is 9.28. The van der Waals surface area contributed by atoms with Gasteiger partial charge in [0.2, 0.25) is 0 Å². The number of aromatic nitrogens is 1. The minimum Gasteiger partial charge on any atom is -0.347 e. The number of aryl methyl sites for hydroxylation is 1. The van der Waals surface area contributed by atoms with Crippen LogP contribution in [0.1, 0.15) is 40.5 Å². The number of rotatable bonds is 4. The summed E-state index contributed by atoms with van der Waals surface area (Å²) in [5, 5.41) is 6.30. The van der Waals surface area contributed by atoms with E-state index in [-0.39, 0.29) is 17.2 Å². The van der Waals surface area contributed by atoms with Crippen LogP contribution >= 0.6 is 11.3 Å². The number of hydrogen-bond donors (Lipinski definition) is 2. The van der Waals surface area contributed by atoms with E-state index >= 15 is 0 Å². The Balaban J connectivity index is 1.78. The number of fused-ring (bicyclic) bond motifs is 3. The second-order valence-corrected chi connectivity index (χ2v) is 7.79. The fourth-order valence-corrected chi connectivity index (χ4v) is 4.34. The molecule has 0 atom stereocenters. The SMILES string of the molecule is CC/C=C(\Nc1nc2c(s1)-c1cc(C)ccc1CNC2=O)c1c(F)cccc1F. The lowest BCUT2D eigenvalue weighted by Gasteiger charge is -2.11. The lowest BCUT2D eigenvalue weighted by atomic mass is 10.0. The maximum atomic E-state index is 14.3. The predicted octanol–water partition coefficient (Wildman–Crippen LogP) is 5.50. The number of thiazole rings is 1. The highest BCUT2D eigenvalue weighted by atomic mass is 32.1. The highest BCUT2D eigenvalue weighted by Crippen LogP contribution is 2.38. The molecule has 1 aliphatic heterocycles. The summed E-state index contributed by atoms with van der Waals surface area (Å²) < 4.78 is 28.6. The molecule has 0 radical (unpaired) electrons. The van der Waals surface area contributed by atoms with Gasteiger partial charge < -0.3 is 10.6 Å². The number of allylic oxidation sites excluding steroid dienone is 1. The molecule has 0 spiro atoms. The summed E-state index contributed by atoms with van der Waals surface area (Å²) in [5.41, 5.74) is 3.49. The van der Waals surface area contributed by atoms with Gasteiger partial charge >= 0.3 is 0 Å². The second-order valence-electron chi connectivity index (χ2n) is 6.79. The Morgan fingerprint density at radius 3 is 2.76 bits per heavy atom. The van der Waals surface area contributed by atoms with Gasteiger partial charge in [-0.25, -0.2) is 13.8 Å². The molecule has 0 fully saturated rings. The maximum Gasteiger partial charge on any atom is 0.271 e. The number of benzene rings is 2. The molecular weight excluding hydrogens is 392 g/mol. The van der Waals surface area contributed by atoms with Gasteiger partial charge in [0.15, 0.2) is 5.13 Å². The molecule has 29 heavy (non-hydrogen) atoms. The van der Waals surface area contributed by atoms with E-state index in [2.05, 4.69) is 15.6 Å². The van der Waals surface area contributed by atoms with Gasteiger partial charge in [-0.2, -0.15) is 0 Å². The number of nitrogens with zero attached hydrogens (tertiary/aromatic N) is 1. The molecule has 0 saturated carbocycles. The van der Waals surface area contributed by atoms with Crippen LogP contribution in [0.15, 0.2) is 42.5 Å². The molecule has 2 aromatic carbocycles. The standard InChI is InChI=1S/C22H19F2N3OS/c1-3-5-17(18-15(23)6-4-7-16(18)24)26-22-27-19-20(29-22)14-10-12(2)8-9-13(14)11-25-21(19)28/h4-10H,3,11H2,1-2H3,(H,25,28)(H,26,27)/b17-5-. The molecule has 0 aliphatic carbocycles. The molecule has 4 nitrogen and oxygen atoms in total. The van der Waals surface area contributed by atoms with Crippen LogP contribution in [0.2, 0.25) is 0 Å². The monoisotopic (exact) mass is 411 g/mol. The molecule has 148 valence electrons.